The van der Waals surface area contributed by atoms with Crippen molar-refractivity contribution in [2.45, 2.75) is 13.1 Å². The quantitative estimate of drug-likeness (QED) is 0.759. The van der Waals surface area contributed by atoms with Crippen LogP contribution < -0.4 is 5.32 Å². The van der Waals surface area contributed by atoms with Gasteiger partial charge in [0, 0.05) is 36.1 Å². The van der Waals surface area contributed by atoms with Crippen LogP contribution in [0.25, 0.3) is 11.3 Å². The van der Waals surface area contributed by atoms with Gasteiger partial charge in [0.15, 0.2) is 0 Å². The van der Waals surface area contributed by atoms with Crippen molar-refractivity contribution in [1.29, 1.82) is 0 Å². The van der Waals surface area contributed by atoms with Gasteiger partial charge in [-0.1, -0.05) is 29.8 Å². The topological polar surface area (TPSA) is 53.6 Å². The molecule has 5 heteroatoms. The molecule has 0 atom stereocenters. The number of rotatable bonds is 5. The zero-order valence-corrected chi connectivity index (χ0v) is 12.1. The van der Waals surface area contributed by atoms with E-state index in [1.54, 1.807) is 6.20 Å². The van der Waals surface area contributed by atoms with Crippen LogP contribution >= 0.6 is 11.6 Å². The van der Waals surface area contributed by atoms with Gasteiger partial charge in [-0.15, -0.1) is 0 Å². The van der Waals surface area contributed by atoms with Crippen LogP contribution in [0.3, 0.4) is 0 Å². The highest BCUT2D eigenvalue weighted by molar-refractivity contribution is 6.30. The molecule has 106 valence electrons. The summed E-state index contributed by atoms with van der Waals surface area (Å²) in [7, 11) is 0. The largest absolute Gasteiger partial charge is 0.308 e. The van der Waals surface area contributed by atoms with Gasteiger partial charge < -0.3 is 5.32 Å². The molecule has 3 rings (SSSR count). The lowest BCUT2D eigenvalue weighted by atomic mass is 10.1. The van der Waals surface area contributed by atoms with Crippen LogP contribution in [0, 0.1) is 0 Å². The lowest BCUT2D eigenvalue weighted by Crippen LogP contribution is -2.12. The third kappa shape index (κ3) is 3.48. The van der Waals surface area contributed by atoms with Gasteiger partial charge in [-0.3, -0.25) is 10.1 Å². The highest BCUT2D eigenvalue weighted by Crippen LogP contribution is 2.22. The van der Waals surface area contributed by atoms with Crippen LogP contribution in [0.5, 0.6) is 0 Å². The number of hydrogen-bond acceptors (Lipinski definition) is 3. The van der Waals surface area contributed by atoms with E-state index in [4.69, 9.17) is 11.6 Å². The van der Waals surface area contributed by atoms with Crippen molar-refractivity contribution in [3.05, 3.63) is 71.1 Å². The SMILES string of the molecule is Clc1ccc(-c2[nH]ncc2CNCc2cccnc2)cc1. The van der Waals surface area contributed by atoms with E-state index in [1.165, 1.54) is 0 Å². The van der Waals surface area contributed by atoms with Crippen molar-refractivity contribution < 1.29 is 0 Å². The number of pyridine rings is 1. The molecule has 0 saturated heterocycles. The fourth-order valence-electron chi connectivity index (χ4n) is 2.16. The molecule has 0 radical (unpaired) electrons. The summed E-state index contributed by atoms with van der Waals surface area (Å²) in [5.74, 6) is 0. The number of nitrogens with one attached hydrogen (secondary N) is 2. The molecule has 0 aliphatic rings. The molecule has 3 aromatic rings. The van der Waals surface area contributed by atoms with Crippen molar-refractivity contribution in [1.82, 2.24) is 20.5 Å². The van der Waals surface area contributed by atoms with Gasteiger partial charge in [0.25, 0.3) is 0 Å². The Morgan fingerprint density at radius 1 is 1.05 bits per heavy atom. The van der Waals surface area contributed by atoms with Crippen LogP contribution in [0.1, 0.15) is 11.1 Å². The van der Waals surface area contributed by atoms with Gasteiger partial charge in [-0.25, -0.2) is 0 Å². The molecule has 4 nitrogen and oxygen atoms in total. The van der Waals surface area contributed by atoms with Crippen LogP contribution in [0.15, 0.2) is 55.0 Å². The first kappa shape index (κ1) is 13.8. The zero-order valence-electron chi connectivity index (χ0n) is 11.4. The van der Waals surface area contributed by atoms with E-state index >= 15 is 0 Å². The minimum absolute atomic E-state index is 0.731. The summed E-state index contributed by atoms with van der Waals surface area (Å²) >= 11 is 5.92. The molecule has 0 amide bonds. The molecule has 0 saturated carbocycles. The summed E-state index contributed by atoms with van der Waals surface area (Å²) in [4.78, 5) is 4.10. The summed E-state index contributed by atoms with van der Waals surface area (Å²) in [6.07, 6.45) is 5.49. The Morgan fingerprint density at radius 2 is 1.90 bits per heavy atom. The molecule has 0 unspecified atom stereocenters. The average Bonchev–Trinajstić information content (AvgIpc) is 2.98. The number of halogens is 1. The van der Waals surface area contributed by atoms with Crippen LogP contribution in [-0.2, 0) is 13.1 Å². The van der Waals surface area contributed by atoms with E-state index in [0.29, 0.717) is 0 Å². The maximum Gasteiger partial charge on any atom is 0.0695 e. The molecule has 2 heterocycles. The summed E-state index contributed by atoms with van der Waals surface area (Å²) in [6.45, 7) is 1.52. The first-order valence-corrected chi connectivity index (χ1v) is 7.08. The van der Waals surface area contributed by atoms with Crippen LogP contribution in [0.4, 0.5) is 0 Å². The standard InChI is InChI=1S/C16H15ClN4/c17-15-5-3-13(4-6-15)16-14(11-20-21-16)10-19-9-12-2-1-7-18-8-12/h1-8,11,19H,9-10H2,(H,20,21). The molecule has 0 spiro atoms. The number of hydrogen-bond donors (Lipinski definition) is 2. The van der Waals surface area contributed by atoms with E-state index in [0.717, 1.165) is 40.5 Å². The maximum atomic E-state index is 5.92. The van der Waals surface area contributed by atoms with Gasteiger partial charge in [-0.2, -0.15) is 5.10 Å². The monoisotopic (exact) mass is 298 g/mol. The number of aromatic nitrogens is 3. The normalized spacial score (nSPS) is 10.7. The van der Waals surface area contributed by atoms with Crippen LogP contribution in [-0.4, -0.2) is 15.2 Å². The number of aromatic amines is 1. The number of benzene rings is 1. The fraction of sp³-hybridized carbons (Fsp3) is 0.125. The second-order valence-corrected chi connectivity index (χ2v) is 5.18. The first-order valence-electron chi connectivity index (χ1n) is 6.71. The summed E-state index contributed by atoms with van der Waals surface area (Å²) in [6, 6.07) is 11.7. The lowest BCUT2D eigenvalue weighted by Gasteiger charge is -2.06. The third-order valence-corrected chi connectivity index (χ3v) is 3.47. The second kappa shape index (κ2) is 6.52. The Hall–Kier alpha value is -2.17. The molecule has 0 fully saturated rings. The van der Waals surface area contributed by atoms with Gasteiger partial charge in [0.2, 0.25) is 0 Å². The highest BCUT2D eigenvalue weighted by Gasteiger charge is 2.07. The third-order valence-electron chi connectivity index (χ3n) is 3.22. The van der Waals surface area contributed by atoms with Crippen molar-refractivity contribution in [3.8, 4) is 11.3 Å². The highest BCUT2D eigenvalue weighted by atomic mass is 35.5. The Labute approximate surface area is 128 Å². The van der Waals surface area contributed by atoms with E-state index in [1.807, 2.05) is 42.7 Å². The van der Waals surface area contributed by atoms with Crippen molar-refractivity contribution in [2.75, 3.05) is 0 Å². The number of nitrogens with zero attached hydrogens (tertiary/aromatic N) is 2. The first-order chi connectivity index (χ1) is 10.3. The molecule has 0 bridgehead atoms. The predicted molar refractivity (Wildman–Crippen MR) is 83.8 cm³/mol. The van der Waals surface area contributed by atoms with E-state index in [-0.39, 0.29) is 0 Å². The van der Waals surface area contributed by atoms with Gasteiger partial charge in [0.05, 0.1) is 11.9 Å². The van der Waals surface area contributed by atoms with Crippen molar-refractivity contribution in [2.24, 2.45) is 0 Å². The summed E-state index contributed by atoms with van der Waals surface area (Å²) < 4.78 is 0. The van der Waals surface area contributed by atoms with E-state index < -0.39 is 0 Å². The van der Waals surface area contributed by atoms with Crippen molar-refractivity contribution in [3.63, 3.8) is 0 Å². The lowest BCUT2D eigenvalue weighted by molar-refractivity contribution is 0.692. The minimum Gasteiger partial charge on any atom is -0.308 e. The predicted octanol–water partition coefficient (Wildman–Crippen LogP) is 3.41. The van der Waals surface area contributed by atoms with Crippen molar-refractivity contribution >= 4 is 11.6 Å². The second-order valence-electron chi connectivity index (χ2n) is 4.74. The molecule has 21 heavy (non-hydrogen) atoms. The van der Waals surface area contributed by atoms with Crippen LogP contribution in [0.2, 0.25) is 5.02 Å². The molecular formula is C16H15ClN4. The van der Waals surface area contributed by atoms with E-state index in [9.17, 15) is 0 Å². The average molecular weight is 299 g/mol. The Balaban J connectivity index is 1.67. The Kier molecular flexibility index (Phi) is 4.28. The summed E-state index contributed by atoms with van der Waals surface area (Å²) in [5, 5.41) is 11.3. The molecule has 2 aromatic heterocycles. The molecule has 2 N–H and O–H groups in total. The molecule has 0 aliphatic heterocycles. The molecule has 1 aromatic carbocycles. The zero-order chi connectivity index (χ0) is 14.5. The van der Waals surface area contributed by atoms with Gasteiger partial charge >= 0.3 is 0 Å². The van der Waals surface area contributed by atoms with Gasteiger partial charge in [-0.05, 0) is 29.3 Å². The number of H-pyrrole nitrogens is 1. The summed E-state index contributed by atoms with van der Waals surface area (Å²) in [5.41, 5.74) is 4.38. The Bertz CT molecular complexity index is 692. The smallest absolute Gasteiger partial charge is 0.0695 e. The van der Waals surface area contributed by atoms with E-state index in [2.05, 4.69) is 26.6 Å². The molecule has 0 aliphatic carbocycles. The fourth-order valence-corrected chi connectivity index (χ4v) is 2.28. The van der Waals surface area contributed by atoms with Gasteiger partial charge in [0.1, 0.15) is 0 Å². The Morgan fingerprint density at radius 3 is 2.67 bits per heavy atom. The molecular weight excluding hydrogens is 284 g/mol. The maximum absolute atomic E-state index is 5.92. The minimum atomic E-state index is 0.731.